The highest BCUT2D eigenvalue weighted by atomic mass is 16.6. The van der Waals surface area contributed by atoms with Crippen molar-refractivity contribution in [2.75, 3.05) is 13.2 Å². The molecule has 0 heterocycles. The lowest BCUT2D eigenvalue weighted by molar-refractivity contribution is -0.191. The molecule has 122 valence electrons. The van der Waals surface area contributed by atoms with Crippen molar-refractivity contribution >= 4 is 12.2 Å². The molecule has 0 unspecified atom stereocenters. The van der Waals surface area contributed by atoms with Gasteiger partial charge in [-0.2, -0.15) is 9.59 Å². The molecule has 0 aliphatic heterocycles. The highest BCUT2D eigenvalue weighted by molar-refractivity contribution is 5.67. The molecule has 6 nitrogen and oxygen atoms in total. The predicted molar refractivity (Wildman–Crippen MR) is 80.5 cm³/mol. The largest absolute Gasteiger partial charge is 0.494 e. The number of aryl methyl sites for hydroxylation is 1. The lowest BCUT2D eigenvalue weighted by Crippen LogP contribution is -2.33. The fraction of sp³-hybridized carbons (Fsp3) is 0.500. The predicted octanol–water partition coefficient (Wildman–Crippen LogP) is 2.71. The second kappa shape index (κ2) is 10.4. The van der Waals surface area contributed by atoms with E-state index in [1.54, 1.807) is 0 Å². The summed E-state index contributed by atoms with van der Waals surface area (Å²) < 4.78 is 10.7. The van der Waals surface area contributed by atoms with E-state index in [1.165, 1.54) is 5.56 Å². The second-order valence-corrected chi connectivity index (χ2v) is 5.53. The van der Waals surface area contributed by atoms with Gasteiger partial charge in [0.1, 0.15) is 11.4 Å². The van der Waals surface area contributed by atoms with Gasteiger partial charge in [-0.05, 0) is 51.8 Å². The van der Waals surface area contributed by atoms with Gasteiger partial charge < -0.3 is 14.8 Å². The lowest BCUT2D eigenvalue weighted by atomic mass is 10.2. The van der Waals surface area contributed by atoms with Crippen molar-refractivity contribution < 1.29 is 23.9 Å². The first-order valence-corrected chi connectivity index (χ1v) is 6.94. The van der Waals surface area contributed by atoms with Gasteiger partial charge in [0.15, 0.2) is 0 Å². The van der Waals surface area contributed by atoms with Gasteiger partial charge in [-0.15, -0.1) is 0 Å². The van der Waals surface area contributed by atoms with E-state index in [9.17, 15) is 4.79 Å². The minimum atomic E-state index is -0.456. The first-order chi connectivity index (χ1) is 10.3. The van der Waals surface area contributed by atoms with Crippen LogP contribution in [0.3, 0.4) is 0 Å². The van der Waals surface area contributed by atoms with Crippen molar-refractivity contribution in [3.63, 3.8) is 0 Å². The number of carbonyl (C=O) groups excluding carboxylic acids is 3. The quantitative estimate of drug-likeness (QED) is 0.846. The third-order valence-corrected chi connectivity index (χ3v) is 2.25. The monoisotopic (exact) mass is 309 g/mol. The number of hydrogen-bond donors (Lipinski definition) is 1. The van der Waals surface area contributed by atoms with E-state index in [2.05, 4.69) is 5.32 Å². The van der Waals surface area contributed by atoms with Gasteiger partial charge in [0, 0.05) is 6.54 Å². The van der Waals surface area contributed by atoms with Crippen molar-refractivity contribution in [2.24, 2.45) is 0 Å². The van der Waals surface area contributed by atoms with Crippen molar-refractivity contribution in [1.82, 2.24) is 5.32 Å². The molecule has 6 heteroatoms. The van der Waals surface area contributed by atoms with Gasteiger partial charge in [0.25, 0.3) is 0 Å². The molecule has 0 atom stereocenters. The molecule has 1 rings (SSSR count). The van der Waals surface area contributed by atoms with Crippen LogP contribution in [-0.2, 0) is 14.3 Å². The van der Waals surface area contributed by atoms with Crippen LogP contribution in [0.4, 0.5) is 4.79 Å². The Bertz CT molecular complexity index is 488. The summed E-state index contributed by atoms with van der Waals surface area (Å²) in [4.78, 5) is 27.6. The van der Waals surface area contributed by atoms with E-state index >= 15 is 0 Å². The van der Waals surface area contributed by atoms with Crippen LogP contribution in [0.1, 0.15) is 32.8 Å². The summed E-state index contributed by atoms with van der Waals surface area (Å²) in [6.07, 6.45) is 0.607. The summed E-state index contributed by atoms with van der Waals surface area (Å²) in [6, 6.07) is 7.90. The smallest absolute Gasteiger partial charge is 0.407 e. The van der Waals surface area contributed by atoms with Crippen molar-refractivity contribution in [2.45, 2.75) is 39.7 Å². The summed E-state index contributed by atoms with van der Waals surface area (Å²) in [6.45, 7) is 8.66. The minimum absolute atomic E-state index is 0.250. The molecule has 0 saturated heterocycles. The zero-order valence-corrected chi connectivity index (χ0v) is 13.5. The Labute approximate surface area is 130 Å². The maximum atomic E-state index is 11.4. The average molecular weight is 309 g/mol. The first-order valence-electron chi connectivity index (χ1n) is 6.94. The first kappa shape index (κ1) is 19.7. The maximum absolute atomic E-state index is 11.4. The normalized spacial score (nSPS) is 9.82. The lowest BCUT2D eigenvalue weighted by Gasteiger charge is -2.19. The number of benzene rings is 1. The van der Waals surface area contributed by atoms with Gasteiger partial charge in [-0.1, -0.05) is 12.1 Å². The summed E-state index contributed by atoms with van der Waals surface area (Å²) >= 11 is 0. The van der Waals surface area contributed by atoms with Gasteiger partial charge in [0.2, 0.25) is 0 Å². The Balaban J connectivity index is 0.00000135. The fourth-order valence-electron chi connectivity index (χ4n) is 1.47. The summed E-state index contributed by atoms with van der Waals surface area (Å²) in [5.74, 6) is 0.859. The highest BCUT2D eigenvalue weighted by Gasteiger charge is 2.15. The third-order valence-electron chi connectivity index (χ3n) is 2.25. The SMILES string of the molecule is Cc1cccc(OCCCNC(=O)OC(C)(C)C)c1.O=C=O. The van der Waals surface area contributed by atoms with Gasteiger partial charge in [-0.25, -0.2) is 4.79 Å². The second-order valence-electron chi connectivity index (χ2n) is 5.53. The number of carbonyl (C=O) groups is 1. The van der Waals surface area contributed by atoms with E-state index in [0.717, 1.165) is 12.2 Å². The van der Waals surface area contributed by atoms with Gasteiger partial charge in [-0.3, -0.25) is 0 Å². The molecular formula is C16H23NO5. The molecule has 1 N–H and O–H groups in total. The van der Waals surface area contributed by atoms with E-state index < -0.39 is 5.60 Å². The van der Waals surface area contributed by atoms with Crippen LogP contribution in [-0.4, -0.2) is 31.0 Å². The molecule has 1 aromatic carbocycles. The molecule has 22 heavy (non-hydrogen) atoms. The summed E-state index contributed by atoms with van der Waals surface area (Å²) in [7, 11) is 0. The molecule has 0 bridgehead atoms. The Morgan fingerprint density at radius 2 is 1.91 bits per heavy atom. The maximum Gasteiger partial charge on any atom is 0.407 e. The van der Waals surface area contributed by atoms with Crippen molar-refractivity contribution in [3.8, 4) is 5.75 Å². The zero-order chi connectivity index (χ0) is 17.0. The number of hydrogen-bond acceptors (Lipinski definition) is 5. The van der Waals surface area contributed by atoms with Gasteiger partial charge >= 0.3 is 12.2 Å². The number of amides is 1. The van der Waals surface area contributed by atoms with Crippen LogP contribution < -0.4 is 10.1 Å². The van der Waals surface area contributed by atoms with Crippen LogP contribution >= 0.6 is 0 Å². The van der Waals surface area contributed by atoms with E-state index in [0.29, 0.717) is 13.2 Å². The summed E-state index contributed by atoms with van der Waals surface area (Å²) in [5, 5.41) is 2.70. The fourth-order valence-corrected chi connectivity index (χ4v) is 1.47. The molecule has 0 radical (unpaired) electrons. The Morgan fingerprint density at radius 3 is 2.45 bits per heavy atom. The molecule has 1 amide bonds. The van der Waals surface area contributed by atoms with Crippen LogP contribution in [0.15, 0.2) is 24.3 Å². The number of alkyl carbamates (subject to hydrolysis) is 1. The molecule has 0 aliphatic rings. The average Bonchev–Trinajstić information content (AvgIpc) is 2.37. The number of rotatable bonds is 5. The standard InChI is InChI=1S/C15H23NO3.CO2/c1-12-7-5-8-13(11-12)18-10-6-9-16-14(17)19-15(2,3)4;2-1-3/h5,7-8,11H,6,9-10H2,1-4H3,(H,16,17);. The van der Waals surface area contributed by atoms with E-state index in [1.807, 2.05) is 52.0 Å². The highest BCUT2D eigenvalue weighted by Crippen LogP contribution is 2.12. The molecule has 0 fully saturated rings. The molecule has 0 aromatic heterocycles. The van der Waals surface area contributed by atoms with Crippen molar-refractivity contribution in [3.05, 3.63) is 29.8 Å². The van der Waals surface area contributed by atoms with E-state index in [4.69, 9.17) is 19.1 Å². The zero-order valence-electron chi connectivity index (χ0n) is 13.5. The molecule has 0 spiro atoms. The number of ether oxygens (including phenoxy) is 2. The number of nitrogens with one attached hydrogen (secondary N) is 1. The summed E-state index contributed by atoms with van der Waals surface area (Å²) in [5.41, 5.74) is 0.715. The van der Waals surface area contributed by atoms with Crippen LogP contribution in [0.25, 0.3) is 0 Å². The molecule has 0 saturated carbocycles. The third kappa shape index (κ3) is 11.5. The Kier molecular flexibility index (Phi) is 9.30. The van der Waals surface area contributed by atoms with Crippen LogP contribution in [0.2, 0.25) is 0 Å². The molecule has 1 aromatic rings. The minimum Gasteiger partial charge on any atom is -0.494 e. The molecular weight excluding hydrogens is 286 g/mol. The van der Waals surface area contributed by atoms with Gasteiger partial charge in [0.05, 0.1) is 6.61 Å². The van der Waals surface area contributed by atoms with Crippen molar-refractivity contribution in [1.29, 1.82) is 0 Å². The Morgan fingerprint density at radius 1 is 1.27 bits per heavy atom. The van der Waals surface area contributed by atoms with Crippen LogP contribution in [0, 0.1) is 6.92 Å². The Hall–Kier alpha value is -2.33. The molecule has 0 aliphatic carbocycles. The topological polar surface area (TPSA) is 81.7 Å². The van der Waals surface area contributed by atoms with Crippen LogP contribution in [0.5, 0.6) is 5.75 Å². The van der Waals surface area contributed by atoms with E-state index in [-0.39, 0.29) is 12.2 Å².